The minimum atomic E-state index is -0.0961. The highest BCUT2D eigenvalue weighted by Crippen LogP contribution is 2.28. The van der Waals surface area contributed by atoms with Gasteiger partial charge >= 0.3 is 0 Å². The van der Waals surface area contributed by atoms with Crippen molar-refractivity contribution in [3.05, 3.63) is 63.0 Å². The zero-order valence-corrected chi connectivity index (χ0v) is 15.5. The molecule has 2 heterocycles. The highest BCUT2D eigenvalue weighted by atomic mass is 32.1. The molecule has 0 bridgehead atoms. The lowest BCUT2D eigenvalue weighted by atomic mass is 10.2. The first-order valence-corrected chi connectivity index (χ1v) is 9.20. The van der Waals surface area contributed by atoms with Crippen LogP contribution in [-0.4, -0.2) is 33.4 Å². The monoisotopic (exact) mass is 355 g/mol. The van der Waals surface area contributed by atoms with E-state index in [0.717, 1.165) is 11.1 Å². The Hall–Kier alpha value is -2.47. The third-order valence-electron chi connectivity index (χ3n) is 4.36. The summed E-state index contributed by atoms with van der Waals surface area (Å²) in [7, 11) is 0. The summed E-state index contributed by atoms with van der Waals surface area (Å²) in [6.45, 7) is 7.51. The maximum absolute atomic E-state index is 12.9. The Morgan fingerprint density at radius 2 is 1.88 bits per heavy atom. The molecule has 0 atom stereocenters. The molecule has 0 N–H and O–H groups in total. The fraction of sp³-hybridized carbons (Fsp3) is 0.316. The maximum Gasteiger partial charge on any atom is 0.264 e. The van der Waals surface area contributed by atoms with Gasteiger partial charge in [-0.25, -0.2) is 4.98 Å². The molecule has 0 aliphatic rings. The second-order valence-electron chi connectivity index (χ2n) is 5.88. The van der Waals surface area contributed by atoms with E-state index in [1.807, 2.05) is 51.1 Å². The van der Waals surface area contributed by atoms with Gasteiger partial charge in [-0.3, -0.25) is 14.2 Å². The molecular formula is C19H21N3O2S. The van der Waals surface area contributed by atoms with Crippen molar-refractivity contribution in [2.75, 3.05) is 13.1 Å². The van der Waals surface area contributed by atoms with Crippen LogP contribution in [0.3, 0.4) is 0 Å². The van der Waals surface area contributed by atoms with E-state index in [2.05, 4.69) is 4.98 Å². The highest BCUT2D eigenvalue weighted by Gasteiger charge is 2.22. The van der Waals surface area contributed by atoms with Crippen molar-refractivity contribution in [2.24, 2.45) is 0 Å². The zero-order valence-electron chi connectivity index (χ0n) is 14.7. The van der Waals surface area contributed by atoms with E-state index in [0.29, 0.717) is 34.7 Å². The number of carbonyl (C=O) groups excluding carboxylic acids is 1. The summed E-state index contributed by atoms with van der Waals surface area (Å²) in [5.74, 6) is -0.0282. The quantitative estimate of drug-likeness (QED) is 0.706. The largest absolute Gasteiger partial charge is 0.338 e. The van der Waals surface area contributed by atoms with Crippen molar-refractivity contribution >= 4 is 27.5 Å². The van der Waals surface area contributed by atoms with Gasteiger partial charge in [-0.05, 0) is 31.9 Å². The Labute approximate surface area is 150 Å². The smallest absolute Gasteiger partial charge is 0.264 e. The number of thiophene rings is 1. The van der Waals surface area contributed by atoms with Crippen LogP contribution in [-0.2, 0) is 6.54 Å². The van der Waals surface area contributed by atoms with Gasteiger partial charge in [-0.1, -0.05) is 30.3 Å². The molecule has 0 fully saturated rings. The third-order valence-corrected chi connectivity index (χ3v) is 5.55. The van der Waals surface area contributed by atoms with E-state index in [-0.39, 0.29) is 11.5 Å². The second kappa shape index (κ2) is 7.19. The fourth-order valence-electron chi connectivity index (χ4n) is 2.91. The van der Waals surface area contributed by atoms with Crippen molar-refractivity contribution in [2.45, 2.75) is 27.3 Å². The van der Waals surface area contributed by atoms with Crippen LogP contribution in [0.15, 0.2) is 41.5 Å². The molecule has 0 unspecified atom stereocenters. The summed E-state index contributed by atoms with van der Waals surface area (Å²) in [6.07, 6.45) is 1.57. The number of hydrogen-bond donors (Lipinski definition) is 0. The molecule has 0 saturated heterocycles. The molecule has 3 rings (SSSR count). The van der Waals surface area contributed by atoms with Crippen molar-refractivity contribution in [3.63, 3.8) is 0 Å². The Morgan fingerprint density at radius 1 is 1.20 bits per heavy atom. The summed E-state index contributed by atoms with van der Waals surface area (Å²) in [5, 5.41) is 0.555. The summed E-state index contributed by atoms with van der Waals surface area (Å²) < 4.78 is 1.60. The van der Waals surface area contributed by atoms with Crippen LogP contribution in [0.4, 0.5) is 0 Å². The van der Waals surface area contributed by atoms with Crippen molar-refractivity contribution in [1.29, 1.82) is 0 Å². The van der Waals surface area contributed by atoms with Gasteiger partial charge in [0.05, 0.1) is 23.1 Å². The van der Waals surface area contributed by atoms with Crippen molar-refractivity contribution in [3.8, 4) is 0 Å². The van der Waals surface area contributed by atoms with Crippen LogP contribution in [0, 0.1) is 6.92 Å². The number of hydrogen-bond acceptors (Lipinski definition) is 4. The number of carbonyl (C=O) groups is 1. The molecule has 0 radical (unpaired) electrons. The second-order valence-corrected chi connectivity index (χ2v) is 6.88. The first-order valence-electron chi connectivity index (χ1n) is 8.38. The Morgan fingerprint density at radius 3 is 2.52 bits per heavy atom. The van der Waals surface area contributed by atoms with Gasteiger partial charge in [0.15, 0.2) is 0 Å². The predicted molar refractivity (Wildman–Crippen MR) is 101 cm³/mol. The van der Waals surface area contributed by atoms with Crippen LogP contribution in [0.2, 0.25) is 0 Å². The standard InChI is InChI=1S/C19H21N3O2S/c1-4-21(5-2)19(24)16-13(3)15-17(25-16)20-12-22(18(15)23)11-14-9-7-6-8-10-14/h6-10,12H,4-5,11H2,1-3H3. The minimum absolute atomic E-state index is 0.0282. The SMILES string of the molecule is CCN(CC)C(=O)c1sc2ncn(Cc3ccccc3)c(=O)c2c1C. The summed E-state index contributed by atoms with van der Waals surface area (Å²) >= 11 is 1.30. The average Bonchev–Trinajstić information content (AvgIpc) is 2.96. The number of benzene rings is 1. The van der Waals surface area contributed by atoms with Crippen LogP contribution in [0.25, 0.3) is 10.2 Å². The Bertz CT molecular complexity index is 956. The molecule has 0 spiro atoms. The Kier molecular flexibility index (Phi) is 4.99. The number of rotatable bonds is 5. The molecule has 25 heavy (non-hydrogen) atoms. The van der Waals surface area contributed by atoms with E-state index in [4.69, 9.17) is 0 Å². The van der Waals surface area contributed by atoms with Gasteiger partial charge in [0.1, 0.15) is 4.83 Å². The van der Waals surface area contributed by atoms with Gasteiger partial charge in [0.25, 0.3) is 11.5 Å². The van der Waals surface area contributed by atoms with Gasteiger partial charge in [-0.15, -0.1) is 11.3 Å². The highest BCUT2D eigenvalue weighted by molar-refractivity contribution is 7.20. The molecule has 0 saturated carbocycles. The number of aromatic nitrogens is 2. The van der Waals surface area contributed by atoms with Crippen LogP contribution in [0.5, 0.6) is 0 Å². The molecule has 0 aliphatic carbocycles. The summed E-state index contributed by atoms with van der Waals surface area (Å²) in [4.78, 5) is 33.0. The lowest BCUT2D eigenvalue weighted by Gasteiger charge is -2.17. The number of nitrogens with zero attached hydrogens (tertiary/aromatic N) is 3. The van der Waals surface area contributed by atoms with E-state index >= 15 is 0 Å². The van der Waals surface area contributed by atoms with E-state index in [1.54, 1.807) is 15.8 Å². The van der Waals surface area contributed by atoms with Crippen LogP contribution >= 0.6 is 11.3 Å². The van der Waals surface area contributed by atoms with Crippen molar-refractivity contribution < 1.29 is 4.79 Å². The average molecular weight is 355 g/mol. The number of fused-ring (bicyclic) bond motifs is 1. The van der Waals surface area contributed by atoms with E-state index in [1.165, 1.54) is 11.3 Å². The van der Waals surface area contributed by atoms with Gasteiger partial charge in [-0.2, -0.15) is 0 Å². The zero-order chi connectivity index (χ0) is 18.0. The maximum atomic E-state index is 12.9. The van der Waals surface area contributed by atoms with Crippen molar-refractivity contribution in [1.82, 2.24) is 14.5 Å². The molecule has 130 valence electrons. The topological polar surface area (TPSA) is 55.2 Å². The summed E-state index contributed by atoms with van der Waals surface area (Å²) in [5.41, 5.74) is 1.68. The molecule has 1 aromatic carbocycles. The molecule has 1 amide bonds. The first-order chi connectivity index (χ1) is 12.1. The lowest BCUT2D eigenvalue weighted by molar-refractivity contribution is 0.0777. The lowest BCUT2D eigenvalue weighted by Crippen LogP contribution is -2.30. The molecule has 6 heteroatoms. The van der Waals surface area contributed by atoms with Gasteiger partial charge in [0, 0.05) is 13.1 Å². The number of amides is 1. The fourth-order valence-corrected chi connectivity index (χ4v) is 4.02. The predicted octanol–water partition coefficient (Wildman–Crippen LogP) is 3.30. The Balaban J connectivity index is 2.06. The van der Waals surface area contributed by atoms with E-state index in [9.17, 15) is 9.59 Å². The third kappa shape index (κ3) is 3.22. The molecule has 2 aromatic heterocycles. The minimum Gasteiger partial charge on any atom is -0.338 e. The normalized spacial score (nSPS) is 11.0. The molecular weight excluding hydrogens is 334 g/mol. The summed E-state index contributed by atoms with van der Waals surface area (Å²) in [6, 6.07) is 9.80. The number of aryl methyl sites for hydroxylation is 1. The van der Waals surface area contributed by atoms with Gasteiger partial charge in [0.2, 0.25) is 0 Å². The first kappa shape index (κ1) is 17.4. The van der Waals surface area contributed by atoms with Crippen LogP contribution < -0.4 is 5.56 Å². The molecule has 3 aromatic rings. The van der Waals surface area contributed by atoms with Crippen LogP contribution in [0.1, 0.15) is 34.6 Å². The molecule has 5 nitrogen and oxygen atoms in total. The molecule has 0 aliphatic heterocycles. The van der Waals surface area contributed by atoms with E-state index < -0.39 is 0 Å². The van der Waals surface area contributed by atoms with Gasteiger partial charge < -0.3 is 4.90 Å².